The summed E-state index contributed by atoms with van der Waals surface area (Å²) in [5.74, 6) is 1.21. The van der Waals surface area contributed by atoms with Crippen LogP contribution in [0.5, 0.6) is 5.75 Å². The number of piperidine rings is 1. The summed E-state index contributed by atoms with van der Waals surface area (Å²) in [4.78, 5) is 26.3. The Kier molecular flexibility index (Phi) is 6.64. The predicted molar refractivity (Wildman–Crippen MR) is 94.3 cm³/mol. The van der Waals surface area contributed by atoms with Gasteiger partial charge < -0.3 is 15.0 Å². The molecule has 0 spiro atoms. The summed E-state index contributed by atoms with van der Waals surface area (Å²) in [7, 11) is 1.62. The summed E-state index contributed by atoms with van der Waals surface area (Å²) < 4.78 is 5.31. The number of nitrogens with one attached hydrogen (secondary N) is 1. The Labute approximate surface area is 144 Å². The standard InChI is InChI=1S/C19H28N2O3/c1-4-6-18(22)20-12-15-7-5-10-21(13-15)19(23)16-9-8-14(2)17(11-16)24-3/h8-9,11,15H,4-7,10,12-13H2,1-3H3,(H,20,22). The Bertz CT molecular complexity index is 586. The van der Waals surface area contributed by atoms with Gasteiger partial charge in [0, 0.05) is 31.6 Å². The SMILES string of the molecule is CCCC(=O)NCC1CCCN(C(=O)c2ccc(C)c(OC)c2)C1. The molecule has 0 bridgehead atoms. The van der Waals surface area contributed by atoms with E-state index in [9.17, 15) is 9.59 Å². The molecule has 5 nitrogen and oxygen atoms in total. The van der Waals surface area contributed by atoms with Gasteiger partial charge in [0.1, 0.15) is 5.75 Å². The average molecular weight is 332 g/mol. The summed E-state index contributed by atoms with van der Waals surface area (Å²) in [6.45, 7) is 6.08. The number of amides is 2. The van der Waals surface area contributed by atoms with E-state index in [1.54, 1.807) is 7.11 Å². The maximum atomic E-state index is 12.7. The third-order valence-corrected chi connectivity index (χ3v) is 4.53. The fourth-order valence-corrected chi connectivity index (χ4v) is 3.13. The molecule has 1 saturated heterocycles. The number of carbonyl (C=O) groups is 2. The van der Waals surface area contributed by atoms with Crippen LogP contribution in [0, 0.1) is 12.8 Å². The molecule has 132 valence electrons. The van der Waals surface area contributed by atoms with Crippen LogP contribution in [0.25, 0.3) is 0 Å². The highest BCUT2D eigenvalue weighted by Crippen LogP contribution is 2.22. The van der Waals surface area contributed by atoms with E-state index in [1.807, 2.05) is 36.9 Å². The number of ether oxygens (including phenoxy) is 1. The Hall–Kier alpha value is -2.04. The molecule has 1 aliphatic rings. The third kappa shape index (κ3) is 4.73. The van der Waals surface area contributed by atoms with Gasteiger partial charge in [0.2, 0.25) is 5.91 Å². The van der Waals surface area contributed by atoms with Crippen molar-refractivity contribution in [2.45, 2.75) is 39.5 Å². The molecule has 1 fully saturated rings. The van der Waals surface area contributed by atoms with E-state index in [2.05, 4.69) is 5.32 Å². The second kappa shape index (κ2) is 8.71. The van der Waals surface area contributed by atoms with E-state index in [-0.39, 0.29) is 11.8 Å². The Morgan fingerprint density at radius 1 is 1.38 bits per heavy atom. The zero-order valence-corrected chi connectivity index (χ0v) is 14.9. The summed E-state index contributed by atoms with van der Waals surface area (Å²) >= 11 is 0. The molecule has 2 rings (SSSR count). The van der Waals surface area contributed by atoms with Crippen LogP contribution in [-0.2, 0) is 4.79 Å². The second-order valence-electron chi connectivity index (χ2n) is 6.50. The molecule has 1 aliphatic heterocycles. The zero-order chi connectivity index (χ0) is 17.5. The van der Waals surface area contributed by atoms with E-state index in [0.29, 0.717) is 31.0 Å². The van der Waals surface area contributed by atoms with Crippen molar-refractivity contribution < 1.29 is 14.3 Å². The summed E-state index contributed by atoms with van der Waals surface area (Å²) in [6, 6.07) is 5.58. The summed E-state index contributed by atoms with van der Waals surface area (Å²) in [5.41, 5.74) is 1.68. The van der Waals surface area contributed by atoms with Gasteiger partial charge in [-0.3, -0.25) is 9.59 Å². The molecular weight excluding hydrogens is 304 g/mol. The number of aryl methyl sites for hydroxylation is 1. The maximum absolute atomic E-state index is 12.7. The molecule has 1 aromatic carbocycles. The minimum Gasteiger partial charge on any atom is -0.496 e. The van der Waals surface area contributed by atoms with Gasteiger partial charge in [-0.25, -0.2) is 0 Å². The van der Waals surface area contributed by atoms with Crippen molar-refractivity contribution in [2.75, 3.05) is 26.7 Å². The number of nitrogens with zero attached hydrogens (tertiary/aromatic N) is 1. The van der Waals surface area contributed by atoms with E-state index < -0.39 is 0 Å². The second-order valence-corrected chi connectivity index (χ2v) is 6.50. The maximum Gasteiger partial charge on any atom is 0.253 e. The number of likely N-dealkylation sites (tertiary alicyclic amines) is 1. The molecule has 0 aromatic heterocycles. The molecule has 0 aliphatic carbocycles. The molecule has 1 heterocycles. The molecule has 1 N–H and O–H groups in total. The topological polar surface area (TPSA) is 58.6 Å². The van der Waals surface area contributed by atoms with Gasteiger partial charge in [-0.05, 0) is 49.8 Å². The lowest BCUT2D eigenvalue weighted by Crippen LogP contribution is -2.43. The van der Waals surface area contributed by atoms with Gasteiger partial charge in [-0.1, -0.05) is 13.0 Å². The molecule has 0 saturated carbocycles. The fourth-order valence-electron chi connectivity index (χ4n) is 3.13. The molecule has 0 radical (unpaired) electrons. The van der Waals surface area contributed by atoms with Crippen LogP contribution in [0.4, 0.5) is 0 Å². The Morgan fingerprint density at radius 3 is 2.88 bits per heavy atom. The van der Waals surface area contributed by atoms with Gasteiger partial charge in [0.25, 0.3) is 5.91 Å². The minimum atomic E-state index is 0.0397. The number of methoxy groups -OCH3 is 1. The number of rotatable bonds is 6. The Balaban J connectivity index is 1.96. The highest BCUT2D eigenvalue weighted by Gasteiger charge is 2.25. The van der Waals surface area contributed by atoms with Gasteiger partial charge >= 0.3 is 0 Å². The van der Waals surface area contributed by atoms with Crippen LogP contribution in [0.1, 0.15) is 48.5 Å². The molecule has 5 heteroatoms. The van der Waals surface area contributed by atoms with Gasteiger partial charge in [0.15, 0.2) is 0 Å². The van der Waals surface area contributed by atoms with Crippen molar-refractivity contribution in [1.29, 1.82) is 0 Å². The summed E-state index contributed by atoms with van der Waals surface area (Å²) in [6.07, 6.45) is 3.45. The Morgan fingerprint density at radius 2 is 2.17 bits per heavy atom. The van der Waals surface area contributed by atoms with Crippen LogP contribution in [0.15, 0.2) is 18.2 Å². The number of benzene rings is 1. The average Bonchev–Trinajstić information content (AvgIpc) is 2.60. The largest absolute Gasteiger partial charge is 0.496 e. The van der Waals surface area contributed by atoms with Crippen LogP contribution in [-0.4, -0.2) is 43.5 Å². The first kappa shape index (κ1) is 18.3. The highest BCUT2D eigenvalue weighted by atomic mass is 16.5. The van der Waals surface area contributed by atoms with Crippen molar-refractivity contribution in [3.63, 3.8) is 0 Å². The van der Waals surface area contributed by atoms with Gasteiger partial charge in [-0.15, -0.1) is 0 Å². The van der Waals surface area contributed by atoms with E-state index in [0.717, 1.165) is 37.1 Å². The first-order valence-corrected chi connectivity index (χ1v) is 8.75. The van der Waals surface area contributed by atoms with Crippen LogP contribution in [0.3, 0.4) is 0 Å². The van der Waals surface area contributed by atoms with Crippen LogP contribution < -0.4 is 10.1 Å². The highest BCUT2D eigenvalue weighted by molar-refractivity contribution is 5.94. The lowest BCUT2D eigenvalue weighted by molar-refractivity contribution is -0.121. The molecular formula is C19H28N2O3. The van der Waals surface area contributed by atoms with Crippen molar-refractivity contribution >= 4 is 11.8 Å². The number of hydrogen-bond donors (Lipinski definition) is 1. The first-order valence-electron chi connectivity index (χ1n) is 8.75. The first-order chi connectivity index (χ1) is 11.5. The normalized spacial score (nSPS) is 17.5. The molecule has 1 aromatic rings. The van der Waals surface area contributed by atoms with E-state index >= 15 is 0 Å². The summed E-state index contributed by atoms with van der Waals surface area (Å²) in [5, 5.41) is 2.98. The van der Waals surface area contributed by atoms with Crippen LogP contribution in [0.2, 0.25) is 0 Å². The van der Waals surface area contributed by atoms with Crippen molar-refractivity contribution in [1.82, 2.24) is 10.2 Å². The molecule has 2 amide bonds. The number of hydrogen-bond acceptors (Lipinski definition) is 3. The van der Waals surface area contributed by atoms with Gasteiger partial charge in [-0.2, -0.15) is 0 Å². The van der Waals surface area contributed by atoms with Crippen molar-refractivity contribution in [3.05, 3.63) is 29.3 Å². The monoisotopic (exact) mass is 332 g/mol. The lowest BCUT2D eigenvalue weighted by atomic mass is 9.97. The lowest BCUT2D eigenvalue weighted by Gasteiger charge is -2.33. The zero-order valence-electron chi connectivity index (χ0n) is 14.9. The van der Waals surface area contributed by atoms with E-state index in [4.69, 9.17) is 4.74 Å². The van der Waals surface area contributed by atoms with Gasteiger partial charge in [0.05, 0.1) is 7.11 Å². The smallest absolute Gasteiger partial charge is 0.253 e. The van der Waals surface area contributed by atoms with Crippen molar-refractivity contribution in [3.8, 4) is 5.75 Å². The van der Waals surface area contributed by atoms with Crippen LogP contribution >= 0.6 is 0 Å². The number of carbonyl (C=O) groups excluding carboxylic acids is 2. The fraction of sp³-hybridized carbons (Fsp3) is 0.579. The van der Waals surface area contributed by atoms with Crippen molar-refractivity contribution in [2.24, 2.45) is 5.92 Å². The molecule has 1 atom stereocenters. The predicted octanol–water partition coefficient (Wildman–Crippen LogP) is 2.77. The van der Waals surface area contributed by atoms with E-state index in [1.165, 1.54) is 0 Å². The third-order valence-electron chi connectivity index (χ3n) is 4.53. The molecule has 1 unspecified atom stereocenters. The minimum absolute atomic E-state index is 0.0397. The molecule has 24 heavy (non-hydrogen) atoms. The quantitative estimate of drug-likeness (QED) is 0.871.